The lowest BCUT2D eigenvalue weighted by molar-refractivity contribution is 0.416. The lowest BCUT2D eigenvalue weighted by atomic mass is 9.98. The number of ether oxygens (including phenoxy) is 1. The van der Waals surface area contributed by atoms with E-state index in [-0.39, 0.29) is 0 Å². The number of aryl methyl sites for hydroxylation is 1. The lowest BCUT2D eigenvalue weighted by Crippen LogP contribution is -2.08. The van der Waals surface area contributed by atoms with Gasteiger partial charge in [-0.2, -0.15) is 0 Å². The van der Waals surface area contributed by atoms with Gasteiger partial charge in [0.25, 0.3) is 0 Å². The number of halogens is 1. The molecular weight excluding hydrogens is 326 g/mol. The highest BCUT2D eigenvalue weighted by Gasteiger charge is 2.09. The van der Waals surface area contributed by atoms with Gasteiger partial charge >= 0.3 is 0 Å². The maximum Gasteiger partial charge on any atom is 0.143 e. The van der Waals surface area contributed by atoms with E-state index in [2.05, 4.69) is 71.5 Å². The van der Waals surface area contributed by atoms with E-state index in [1.54, 1.807) is 7.11 Å². The minimum Gasteiger partial charge on any atom is -0.495 e. The van der Waals surface area contributed by atoms with Crippen molar-refractivity contribution in [1.29, 1.82) is 0 Å². The number of methoxy groups -OCH3 is 1. The highest BCUT2D eigenvalue weighted by atomic mass is 79.9. The summed E-state index contributed by atoms with van der Waals surface area (Å²) >= 11 is 3.50. The molecule has 2 rings (SSSR count). The fourth-order valence-electron chi connectivity index (χ4n) is 2.46. The number of anilines is 1. The van der Waals surface area contributed by atoms with Crippen molar-refractivity contribution in [2.45, 2.75) is 26.2 Å². The molecule has 1 unspecified atom stereocenters. The van der Waals surface area contributed by atoms with Crippen LogP contribution < -0.4 is 10.1 Å². The van der Waals surface area contributed by atoms with Crippen molar-refractivity contribution in [3.05, 3.63) is 58.1 Å². The summed E-state index contributed by atoms with van der Waals surface area (Å²) in [6, 6.07) is 14.7. The van der Waals surface area contributed by atoms with Crippen LogP contribution in [0.15, 0.2) is 46.9 Å². The first-order valence-corrected chi connectivity index (χ1v) is 8.04. The van der Waals surface area contributed by atoms with Crippen LogP contribution in [-0.2, 0) is 0 Å². The van der Waals surface area contributed by atoms with Gasteiger partial charge in [0.05, 0.1) is 12.8 Å². The molecule has 0 saturated heterocycles. The Morgan fingerprint density at radius 1 is 1.19 bits per heavy atom. The van der Waals surface area contributed by atoms with E-state index in [1.165, 1.54) is 11.1 Å². The first-order valence-electron chi connectivity index (χ1n) is 7.24. The molecule has 0 aliphatic carbocycles. The van der Waals surface area contributed by atoms with Crippen molar-refractivity contribution in [2.75, 3.05) is 19.0 Å². The zero-order valence-electron chi connectivity index (χ0n) is 12.8. The third-order valence-electron chi connectivity index (χ3n) is 3.73. The van der Waals surface area contributed by atoms with E-state index in [0.717, 1.165) is 28.9 Å². The Labute approximate surface area is 135 Å². The molecule has 112 valence electrons. The average molecular weight is 348 g/mol. The fraction of sp³-hybridized carbons (Fsp3) is 0.333. The van der Waals surface area contributed by atoms with Crippen LogP contribution in [0.4, 0.5) is 5.69 Å². The minimum absolute atomic E-state index is 0.542. The summed E-state index contributed by atoms with van der Waals surface area (Å²) in [5.41, 5.74) is 3.66. The second-order valence-corrected chi connectivity index (χ2v) is 6.24. The second kappa shape index (κ2) is 7.51. The Hall–Kier alpha value is -1.48. The molecule has 0 heterocycles. The van der Waals surface area contributed by atoms with Crippen LogP contribution in [-0.4, -0.2) is 13.7 Å². The SMILES string of the molecule is COc1cc(Br)cc(C)c1NCCC(C)c1ccccc1. The molecule has 0 radical (unpaired) electrons. The van der Waals surface area contributed by atoms with Crippen molar-refractivity contribution in [3.8, 4) is 5.75 Å². The highest BCUT2D eigenvalue weighted by molar-refractivity contribution is 9.10. The molecular formula is C18H22BrNO. The van der Waals surface area contributed by atoms with Gasteiger partial charge in [-0.05, 0) is 42.5 Å². The molecule has 0 amide bonds. The van der Waals surface area contributed by atoms with Gasteiger partial charge in [-0.3, -0.25) is 0 Å². The molecule has 2 aromatic carbocycles. The van der Waals surface area contributed by atoms with Crippen molar-refractivity contribution < 1.29 is 4.74 Å². The summed E-state index contributed by atoms with van der Waals surface area (Å²) in [6.45, 7) is 5.29. The molecule has 21 heavy (non-hydrogen) atoms. The van der Waals surface area contributed by atoms with Crippen LogP contribution in [0, 0.1) is 6.92 Å². The topological polar surface area (TPSA) is 21.3 Å². The Balaban J connectivity index is 1.98. The predicted octanol–water partition coefficient (Wildman–Crippen LogP) is 5.37. The Bertz CT molecular complexity index is 583. The van der Waals surface area contributed by atoms with Crippen LogP contribution in [0.3, 0.4) is 0 Å². The molecule has 0 fully saturated rings. The summed E-state index contributed by atoms with van der Waals surface area (Å²) in [5, 5.41) is 3.51. The van der Waals surface area contributed by atoms with E-state index in [9.17, 15) is 0 Å². The maximum atomic E-state index is 5.46. The zero-order valence-corrected chi connectivity index (χ0v) is 14.4. The molecule has 2 aromatic rings. The summed E-state index contributed by atoms with van der Waals surface area (Å²) in [6.07, 6.45) is 1.09. The Morgan fingerprint density at radius 2 is 1.90 bits per heavy atom. The monoisotopic (exact) mass is 347 g/mol. The summed E-state index contributed by atoms with van der Waals surface area (Å²) < 4.78 is 6.50. The van der Waals surface area contributed by atoms with Crippen molar-refractivity contribution in [2.24, 2.45) is 0 Å². The fourth-order valence-corrected chi connectivity index (χ4v) is 3.01. The zero-order chi connectivity index (χ0) is 15.2. The quantitative estimate of drug-likeness (QED) is 0.758. The molecule has 2 nitrogen and oxygen atoms in total. The maximum absolute atomic E-state index is 5.46. The Morgan fingerprint density at radius 3 is 2.57 bits per heavy atom. The van der Waals surface area contributed by atoms with Gasteiger partial charge in [-0.15, -0.1) is 0 Å². The van der Waals surface area contributed by atoms with Gasteiger partial charge in [0.1, 0.15) is 5.75 Å². The van der Waals surface area contributed by atoms with E-state index < -0.39 is 0 Å². The molecule has 0 aliphatic rings. The van der Waals surface area contributed by atoms with Crippen LogP contribution >= 0.6 is 15.9 Å². The Kier molecular flexibility index (Phi) is 5.68. The van der Waals surface area contributed by atoms with Gasteiger partial charge in [0.2, 0.25) is 0 Å². The summed E-state index contributed by atoms with van der Waals surface area (Å²) in [4.78, 5) is 0. The van der Waals surface area contributed by atoms with Gasteiger partial charge < -0.3 is 10.1 Å². The molecule has 3 heteroatoms. The first kappa shape index (κ1) is 15.9. The van der Waals surface area contributed by atoms with Crippen molar-refractivity contribution >= 4 is 21.6 Å². The second-order valence-electron chi connectivity index (χ2n) is 5.33. The van der Waals surface area contributed by atoms with Crippen molar-refractivity contribution in [3.63, 3.8) is 0 Å². The third kappa shape index (κ3) is 4.24. The normalized spacial score (nSPS) is 12.0. The molecule has 1 N–H and O–H groups in total. The molecule has 1 atom stereocenters. The van der Waals surface area contributed by atoms with E-state index >= 15 is 0 Å². The third-order valence-corrected chi connectivity index (χ3v) is 4.19. The van der Waals surface area contributed by atoms with Crippen LogP contribution in [0.25, 0.3) is 0 Å². The average Bonchev–Trinajstić information content (AvgIpc) is 2.49. The lowest BCUT2D eigenvalue weighted by Gasteiger charge is -2.17. The summed E-state index contributed by atoms with van der Waals surface area (Å²) in [7, 11) is 1.71. The molecule has 0 aromatic heterocycles. The smallest absolute Gasteiger partial charge is 0.143 e. The van der Waals surface area contributed by atoms with E-state index in [1.807, 2.05) is 6.07 Å². The highest BCUT2D eigenvalue weighted by Crippen LogP contribution is 2.32. The van der Waals surface area contributed by atoms with Gasteiger partial charge in [0, 0.05) is 11.0 Å². The number of hydrogen-bond donors (Lipinski definition) is 1. The molecule has 0 bridgehead atoms. The molecule has 0 saturated carbocycles. The largest absolute Gasteiger partial charge is 0.495 e. The molecule has 0 aliphatic heterocycles. The summed E-state index contributed by atoms with van der Waals surface area (Å²) in [5.74, 6) is 1.43. The number of hydrogen-bond acceptors (Lipinski definition) is 2. The first-order chi connectivity index (χ1) is 10.1. The van der Waals surface area contributed by atoms with Crippen LogP contribution in [0.5, 0.6) is 5.75 Å². The van der Waals surface area contributed by atoms with Gasteiger partial charge in [-0.1, -0.05) is 53.2 Å². The van der Waals surface area contributed by atoms with Gasteiger partial charge in [-0.25, -0.2) is 0 Å². The van der Waals surface area contributed by atoms with E-state index in [4.69, 9.17) is 4.74 Å². The number of nitrogens with one attached hydrogen (secondary N) is 1. The number of rotatable bonds is 6. The molecule has 0 spiro atoms. The van der Waals surface area contributed by atoms with Crippen LogP contribution in [0.1, 0.15) is 30.4 Å². The van der Waals surface area contributed by atoms with Gasteiger partial charge in [0.15, 0.2) is 0 Å². The van der Waals surface area contributed by atoms with Crippen LogP contribution in [0.2, 0.25) is 0 Å². The minimum atomic E-state index is 0.542. The van der Waals surface area contributed by atoms with Crippen molar-refractivity contribution in [1.82, 2.24) is 0 Å². The predicted molar refractivity (Wildman–Crippen MR) is 93.4 cm³/mol. The standard InChI is InChI=1S/C18H22BrNO/c1-13(15-7-5-4-6-8-15)9-10-20-18-14(2)11-16(19)12-17(18)21-3/h4-8,11-13,20H,9-10H2,1-3H3. The number of benzene rings is 2. The van der Waals surface area contributed by atoms with E-state index in [0.29, 0.717) is 5.92 Å².